The zero-order chi connectivity index (χ0) is 20.6. The van der Waals surface area contributed by atoms with Crippen molar-refractivity contribution in [2.45, 2.75) is 13.8 Å². The van der Waals surface area contributed by atoms with Crippen LogP contribution in [-0.2, 0) is 0 Å². The van der Waals surface area contributed by atoms with E-state index in [9.17, 15) is 0 Å². The normalized spacial score (nSPS) is 10.1. The Bertz CT molecular complexity index is 1040. The number of aryl methyl sites for hydroxylation is 2. The van der Waals surface area contributed by atoms with Crippen LogP contribution in [0.5, 0.6) is 23.0 Å². The van der Waals surface area contributed by atoms with Crippen molar-refractivity contribution in [3.63, 3.8) is 0 Å². The molecule has 0 aliphatic heterocycles. The van der Waals surface area contributed by atoms with Crippen molar-refractivity contribution >= 4 is 0 Å². The maximum Gasteiger partial charge on any atom is 0.162 e. The van der Waals surface area contributed by atoms with E-state index in [1.807, 2.05) is 56.3 Å². The second-order valence-corrected chi connectivity index (χ2v) is 6.43. The number of methoxy groups -OCH3 is 2. The first-order chi connectivity index (χ1) is 14.1. The highest BCUT2D eigenvalue weighted by Crippen LogP contribution is 2.35. The lowest BCUT2D eigenvalue weighted by atomic mass is 10.1. The molecule has 3 rings (SSSR count). The fraction of sp³-hybridized carbons (Fsp3) is 0.167. The molecule has 3 aromatic rings. The molecule has 0 fully saturated rings. The van der Waals surface area contributed by atoms with Crippen molar-refractivity contribution in [1.82, 2.24) is 9.97 Å². The molecule has 0 aliphatic rings. The van der Waals surface area contributed by atoms with E-state index in [0.29, 0.717) is 23.0 Å². The molecule has 0 radical (unpaired) electrons. The Hall–Kier alpha value is -3.60. The Morgan fingerprint density at radius 1 is 0.690 bits per heavy atom. The first-order valence-electron chi connectivity index (χ1n) is 9.23. The smallest absolute Gasteiger partial charge is 0.162 e. The molecule has 5 heteroatoms. The molecule has 148 valence electrons. The van der Waals surface area contributed by atoms with Gasteiger partial charge in [-0.05, 0) is 55.8 Å². The quantitative estimate of drug-likeness (QED) is 0.562. The third-order valence-electron chi connectivity index (χ3n) is 4.34. The summed E-state index contributed by atoms with van der Waals surface area (Å²) < 4.78 is 17.2. The van der Waals surface area contributed by atoms with Gasteiger partial charge in [-0.2, -0.15) is 0 Å². The van der Waals surface area contributed by atoms with Crippen LogP contribution in [0, 0.1) is 13.8 Å². The number of pyridine rings is 1. The van der Waals surface area contributed by atoms with Crippen LogP contribution in [0.15, 0.2) is 73.2 Å². The number of rotatable bonds is 5. The number of hydrogen-bond donors (Lipinski definition) is 0. The summed E-state index contributed by atoms with van der Waals surface area (Å²) in [7, 11) is 3.19. The third kappa shape index (κ3) is 5.02. The summed E-state index contributed by atoms with van der Waals surface area (Å²) in [6.45, 7) is 4.00. The van der Waals surface area contributed by atoms with Crippen molar-refractivity contribution < 1.29 is 14.2 Å². The number of ether oxygens (including phenoxy) is 3. The van der Waals surface area contributed by atoms with E-state index in [0.717, 1.165) is 22.4 Å². The molecule has 0 atom stereocenters. The molecule has 5 nitrogen and oxygen atoms in total. The maximum absolute atomic E-state index is 6.32. The van der Waals surface area contributed by atoms with Crippen LogP contribution in [0.3, 0.4) is 0 Å². The fourth-order valence-electron chi connectivity index (χ4n) is 2.84. The Kier molecular flexibility index (Phi) is 6.63. The van der Waals surface area contributed by atoms with Crippen molar-refractivity contribution in [3.8, 4) is 34.3 Å². The molecule has 0 saturated heterocycles. The second-order valence-electron chi connectivity index (χ2n) is 6.43. The van der Waals surface area contributed by atoms with Gasteiger partial charge in [-0.25, -0.2) is 0 Å². The van der Waals surface area contributed by atoms with Gasteiger partial charge < -0.3 is 14.2 Å². The first-order valence-corrected chi connectivity index (χ1v) is 9.23. The second kappa shape index (κ2) is 9.55. The van der Waals surface area contributed by atoms with Gasteiger partial charge in [0.2, 0.25) is 0 Å². The van der Waals surface area contributed by atoms with Gasteiger partial charge in [0, 0.05) is 30.2 Å². The number of hydrogen-bond acceptors (Lipinski definition) is 5. The van der Waals surface area contributed by atoms with Crippen LogP contribution in [-0.4, -0.2) is 24.2 Å². The summed E-state index contributed by atoms with van der Waals surface area (Å²) in [5.41, 5.74) is 3.77. The average molecular weight is 388 g/mol. The van der Waals surface area contributed by atoms with E-state index in [4.69, 9.17) is 14.2 Å². The van der Waals surface area contributed by atoms with E-state index in [2.05, 4.69) is 16.0 Å². The molecule has 1 aromatic carbocycles. The molecule has 0 bridgehead atoms. The molecule has 29 heavy (non-hydrogen) atoms. The van der Waals surface area contributed by atoms with Crippen LogP contribution in [0.25, 0.3) is 11.3 Å². The van der Waals surface area contributed by atoms with Gasteiger partial charge in [0.15, 0.2) is 11.5 Å². The summed E-state index contributed by atoms with van der Waals surface area (Å²) in [5, 5.41) is 0. The van der Waals surface area contributed by atoms with Gasteiger partial charge >= 0.3 is 0 Å². The van der Waals surface area contributed by atoms with Crippen molar-refractivity contribution in [2.75, 3.05) is 14.2 Å². The largest absolute Gasteiger partial charge is 0.493 e. The molecular weight excluding hydrogens is 364 g/mol. The number of nitrogens with zero attached hydrogens (tertiary/aromatic N) is 2. The maximum atomic E-state index is 6.32. The zero-order valence-electron chi connectivity index (χ0n) is 17.0. The predicted molar refractivity (Wildman–Crippen MR) is 114 cm³/mol. The number of aromatic nitrogens is 2. The SMILES string of the molecule is COc1ccnccc(Oc2ccc(C)cc2-c2ccccn2)c(C)cc1OC. The lowest BCUT2D eigenvalue weighted by molar-refractivity contribution is 0.355. The highest BCUT2D eigenvalue weighted by molar-refractivity contribution is 5.68. The Labute approximate surface area is 171 Å². The highest BCUT2D eigenvalue weighted by Gasteiger charge is 2.10. The summed E-state index contributed by atoms with van der Waals surface area (Å²) in [4.78, 5) is 8.73. The molecule has 2 aromatic heterocycles. The summed E-state index contributed by atoms with van der Waals surface area (Å²) in [5.74, 6) is 2.52. The number of benzene rings is 1. The van der Waals surface area contributed by atoms with Gasteiger partial charge in [-0.3, -0.25) is 9.97 Å². The third-order valence-corrected chi connectivity index (χ3v) is 4.34. The van der Waals surface area contributed by atoms with Gasteiger partial charge in [0.05, 0.1) is 19.9 Å². The lowest BCUT2D eigenvalue weighted by Gasteiger charge is -2.13. The average Bonchev–Trinajstić information content (AvgIpc) is 2.75. The van der Waals surface area contributed by atoms with E-state index >= 15 is 0 Å². The van der Waals surface area contributed by atoms with Gasteiger partial charge in [-0.15, -0.1) is 0 Å². The van der Waals surface area contributed by atoms with Crippen molar-refractivity contribution in [1.29, 1.82) is 0 Å². The minimum atomic E-state index is 0.578. The van der Waals surface area contributed by atoms with Crippen molar-refractivity contribution in [2.24, 2.45) is 0 Å². The van der Waals surface area contributed by atoms with Gasteiger partial charge in [0.1, 0.15) is 11.5 Å². The van der Waals surface area contributed by atoms with Crippen LogP contribution in [0.2, 0.25) is 0 Å². The van der Waals surface area contributed by atoms with E-state index < -0.39 is 0 Å². The highest BCUT2D eigenvalue weighted by atomic mass is 16.5. The zero-order valence-corrected chi connectivity index (χ0v) is 17.0. The fourth-order valence-corrected chi connectivity index (χ4v) is 2.84. The van der Waals surface area contributed by atoms with Crippen LogP contribution in [0.1, 0.15) is 11.1 Å². The van der Waals surface area contributed by atoms with Crippen molar-refractivity contribution in [3.05, 3.63) is 84.3 Å². The Morgan fingerprint density at radius 3 is 2.14 bits per heavy atom. The molecule has 0 spiro atoms. The molecule has 0 aliphatic carbocycles. The molecular formula is C24H24N2O3. The van der Waals surface area contributed by atoms with Gasteiger partial charge in [0.25, 0.3) is 0 Å². The standard InChI is InChI=1S/C24H24N2O3/c1-17-8-9-22(19(15-17)20-7-5-6-12-26-20)29-21-10-13-25-14-11-23(27-3)24(28-4)16-18(21)2/h5-16H,1-4H3. The first kappa shape index (κ1) is 20.1. The molecule has 0 amide bonds. The van der Waals surface area contributed by atoms with E-state index in [1.165, 1.54) is 0 Å². The predicted octanol–water partition coefficient (Wildman–Crippen LogP) is 5.69. The topological polar surface area (TPSA) is 53.5 Å². The van der Waals surface area contributed by atoms with Gasteiger partial charge in [-0.1, -0.05) is 17.7 Å². The van der Waals surface area contributed by atoms with Crippen LogP contribution < -0.4 is 14.2 Å². The molecule has 0 unspecified atom stereocenters. The minimum Gasteiger partial charge on any atom is -0.493 e. The lowest BCUT2D eigenvalue weighted by Crippen LogP contribution is -1.93. The molecule has 2 heterocycles. The van der Waals surface area contributed by atoms with E-state index in [1.54, 1.807) is 38.9 Å². The molecule has 0 saturated carbocycles. The summed E-state index contributed by atoms with van der Waals surface area (Å²) >= 11 is 0. The van der Waals surface area contributed by atoms with Crippen LogP contribution in [0.4, 0.5) is 0 Å². The van der Waals surface area contributed by atoms with E-state index in [-0.39, 0.29) is 0 Å². The monoisotopic (exact) mass is 388 g/mol. The Balaban J connectivity index is 2.13. The summed E-state index contributed by atoms with van der Waals surface area (Å²) in [6, 6.07) is 17.3. The van der Waals surface area contributed by atoms with Crippen LogP contribution >= 0.6 is 0 Å². The summed E-state index contributed by atoms with van der Waals surface area (Å²) in [6.07, 6.45) is 5.10. The molecule has 0 N–H and O–H groups in total. The minimum absolute atomic E-state index is 0.578. The Morgan fingerprint density at radius 2 is 1.45 bits per heavy atom.